The average Bonchev–Trinajstić information content (AvgIpc) is 4.24. The molecule has 0 aliphatic carbocycles. The molecule has 0 amide bonds. The summed E-state index contributed by atoms with van der Waals surface area (Å²) in [5, 5.41) is 5.36. The highest BCUT2D eigenvalue weighted by atomic mass is 15.3. The summed E-state index contributed by atoms with van der Waals surface area (Å²) >= 11 is 0. The van der Waals surface area contributed by atoms with Crippen molar-refractivity contribution in [2.45, 2.75) is 6.92 Å². The summed E-state index contributed by atoms with van der Waals surface area (Å²) in [6, 6.07) is 70.1. The number of para-hydroxylation sites is 1. The standard InChI is InChI=1S/C60H42N6/c1-39-27-29-40(30-28-39)53-38-55(66(65-53)45-25-15-6-16-26-45)46-37-54-58(43-21-11-4-12-22-43)51-34-33-49(62-51)56(41-17-7-2-8-18-41)47-31-32-48(61-47)57(42-19-9-3-10-20-42)50-35-36-52(63-50)59(60(46)64-54)44-23-13-5-14-24-44/h2-38,61,64H,1H3. The van der Waals surface area contributed by atoms with E-state index in [4.69, 9.17) is 15.1 Å². The van der Waals surface area contributed by atoms with Gasteiger partial charge in [0.25, 0.3) is 0 Å². The predicted molar refractivity (Wildman–Crippen MR) is 273 cm³/mol. The van der Waals surface area contributed by atoms with E-state index in [2.05, 4.69) is 240 Å². The summed E-state index contributed by atoms with van der Waals surface area (Å²) in [6.07, 6.45) is 8.62. The number of benzene rings is 6. The van der Waals surface area contributed by atoms with Crippen LogP contribution in [0.3, 0.4) is 0 Å². The highest BCUT2D eigenvalue weighted by molar-refractivity contribution is 6.04. The smallest absolute Gasteiger partial charge is 0.0934 e. The molecule has 66 heavy (non-hydrogen) atoms. The molecule has 6 heterocycles. The third-order valence-corrected chi connectivity index (χ3v) is 12.4. The summed E-state index contributed by atoms with van der Waals surface area (Å²) in [7, 11) is 0. The molecule has 0 radical (unpaired) electrons. The van der Waals surface area contributed by atoms with Gasteiger partial charge < -0.3 is 9.97 Å². The lowest BCUT2D eigenvalue weighted by Gasteiger charge is -2.09. The molecule has 2 N–H and O–H groups in total. The normalized spacial score (nSPS) is 11.9. The minimum absolute atomic E-state index is 0.842. The molecule has 0 saturated heterocycles. The second kappa shape index (κ2) is 16.4. The molecule has 0 unspecified atom stereocenters. The number of hydrogen-bond acceptors (Lipinski definition) is 3. The van der Waals surface area contributed by atoms with Crippen LogP contribution in [0.25, 0.3) is 119 Å². The molecule has 2 aliphatic heterocycles. The summed E-state index contributed by atoms with van der Waals surface area (Å²) in [4.78, 5) is 19.1. The van der Waals surface area contributed by atoms with Crippen molar-refractivity contribution >= 4 is 46.4 Å². The van der Waals surface area contributed by atoms with Crippen LogP contribution in [0, 0.1) is 6.92 Å². The fourth-order valence-electron chi connectivity index (χ4n) is 9.32. The first-order valence-electron chi connectivity index (χ1n) is 22.3. The molecule has 6 aromatic carbocycles. The zero-order valence-corrected chi connectivity index (χ0v) is 36.2. The molecule has 0 saturated carbocycles. The lowest BCUT2D eigenvalue weighted by Crippen LogP contribution is -1.99. The lowest BCUT2D eigenvalue weighted by atomic mass is 10.00. The number of H-pyrrole nitrogens is 2. The van der Waals surface area contributed by atoms with Crippen LogP contribution in [0.4, 0.5) is 0 Å². The van der Waals surface area contributed by atoms with Crippen LogP contribution >= 0.6 is 0 Å². The van der Waals surface area contributed by atoms with Gasteiger partial charge in [-0.05, 0) is 89.9 Å². The fourth-order valence-corrected chi connectivity index (χ4v) is 9.32. The van der Waals surface area contributed by atoms with Crippen LogP contribution < -0.4 is 0 Å². The van der Waals surface area contributed by atoms with E-state index in [0.717, 1.165) is 118 Å². The van der Waals surface area contributed by atoms with E-state index in [-0.39, 0.29) is 0 Å². The first-order valence-corrected chi connectivity index (χ1v) is 22.3. The van der Waals surface area contributed by atoms with Crippen molar-refractivity contribution in [1.29, 1.82) is 0 Å². The van der Waals surface area contributed by atoms with Crippen molar-refractivity contribution in [1.82, 2.24) is 29.7 Å². The van der Waals surface area contributed by atoms with Gasteiger partial charge in [-0.25, -0.2) is 14.6 Å². The number of rotatable bonds is 7. The van der Waals surface area contributed by atoms with Gasteiger partial charge in [-0.2, -0.15) is 5.10 Å². The predicted octanol–water partition coefficient (Wildman–Crippen LogP) is 15.2. The molecule has 0 spiro atoms. The Morgan fingerprint density at radius 2 is 0.803 bits per heavy atom. The molecule has 6 heteroatoms. The number of aryl methyl sites for hydroxylation is 1. The lowest BCUT2D eigenvalue weighted by molar-refractivity contribution is 0.893. The van der Waals surface area contributed by atoms with Gasteiger partial charge in [-0.15, -0.1) is 0 Å². The van der Waals surface area contributed by atoms with E-state index in [9.17, 15) is 0 Å². The number of aromatic amines is 2. The van der Waals surface area contributed by atoms with Crippen LogP contribution in [-0.2, 0) is 0 Å². The maximum Gasteiger partial charge on any atom is 0.0934 e. The number of aromatic nitrogens is 6. The zero-order chi connectivity index (χ0) is 44.0. The van der Waals surface area contributed by atoms with Gasteiger partial charge in [0.15, 0.2) is 0 Å². The minimum atomic E-state index is 0.842. The molecule has 0 fully saturated rings. The van der Waals surface area contributed by atoms with Gasteiger partial charge in [0.1, 0.15) is 0 Å². The van der Waals surface area contributed by atoms with Crippen LogP contribution in [0.1, 0.15) is 28.3 Å². The maximum absolute atomic E-state index is 5.60. The Morgan fingerprint density at radius 3 is 1.29 bits per heavy atom. The monoisotopic (exact) mass is 846 g/mol. The molecule has 0 atom stereocenters. The highest BCUT2D eigenvalue weighted by Crippen LogP contribution is 2.42. The van der Waals surface area contributed by atoms with Gasteiger partial charge in [0.2, 0.25) is 0 Å². The molecule has 12 rings (SSSR count). The first kappa shape index (κ1) is 38.8. The average molecular weight is 847 g/mol. The number of hydrogen-bond donors (Lipinski definition) is 2. The summed E-state index contributed by atoms with van der Waals surface area (Å²) in [6.45, 7) is 2.11. The second-order valence-corrected chi connectivity index (χ2v) is 16.7. The van der Waals surface area contributed by atoms with E-state index in [1.165, 1.54) is 5.56 Å². The molecule has 2 aliphatic rings. The number of nitrogens with one attached hydrogen (secondary N) is 2. The molecular weight excluding hydrogens is 805 g/mol. The van der Waals surface area contributed by atoms with Crippen molar-refractivity contribution in [2.75, 3.05) is 0 Å². The Bertz CT molecular complexity index is 3660. The third kappa shape index (κ3) is 6.98. The number of nitrogens with zero attached hydrogens (tertiary/aromatic N) is 4. The zero-order valence-electron chi connectivity index (χ0n) is 36.2. The van der Waals surface area contributed by atoms with Crippen molar-refractivity contribution < 1.29 is 0 Å². The van der Waals surface area contributed by atoms with Crippen molar-refractivity contribution in [3.63, 3.8) is 0 Å². The summed E-state index contributed by atoms with van der Waals surface area (Å²) in [5.74, 6) is 0. The SMILES string of the molecule is Cc1ccc(-c2cc(-c3cc4[nH]c3c(-c3ccccc3)c3nc(c(-c5ccccc5)c5ccc([nH]5)c(-c5ccccc5)c5nc(c4-c4ccccc4)C=C5)C=C3)n(-c3ccccc3)n2)cc1. The first-order chi connectivity index (χ1) is 32.6. The maximum atomic E-state index is 5.60. The molecule has 10 aromatic rings. The van der Waals surface area contributed by atoms with Gasteiger partial charge >= 0.3 is 0 Å². The second-order valence-electron chi connectivity index (χ2n) is 16.7. The topological polar surface area (TPSA) is 75.2 Å². The van der Waals surface area contributed by atoms with Crippen molar-refractivity contribution in [3.8, 4) is 72.7 Å². The van der Waals surface area contributed by atoms with E-state index in [0.29, 0.717) is 0 Å². The molecule has 312 valence electrons. The third-order valence-electron chi connectivity index (χ3n) is 12.4. The van der Waals surface area contributed by atoms with Gasteiger partial charge in [-0.1, -0.05) is 169 Å². The Morgan fingerprint density at radius 1 is 0.379 bits per heavy atom. The molecule has 4 aromatic heterocycles. The van der Waals surface area contributed by atoms with E-state index < -0.39 is 0 Å². The fraction of sp³-hybridized carbons (Fsp3) is 0.0167. The van der Waals surface area contributed by atoms with E-state index in [1.807, 2.05) is 6.07 Å². The Balaban J connectivity index is 1.29. The highest BCUT2D eigenvalue weighted by Gasteiger charge is 2.23. The minimum Gasteiger partial charge on any atom is -0.354 e. The van der Waals surface area contributed by atoms with E-state index >= 15 is 0 Å². The van der Waals surface area contributed by atoms with Crippen molar-refractivity contribution in [2.24, 2.45) is 0 Å². The van der Waals surface area contributed by atoms with Gasteiger partial charge in [-0.3, -0.25) is 0 Å². The van der Waals surface area contributed by atoms with Crippen LogP contribution in [0.15, 0.2) is 200 Å². The van der Waals surface area contributed by atoms with Gasteiger partial charge in [0, 0.05) is 49.9 Å². The Kier molecular flexibility index (Phi) is 9.61. The van der Waals surface area contributed by atoms with Crippen LogP contribution in [-0.4, -0.2) is 29.7 Å². The molecule has 8 bridgehead atoms. The Hall–Kier alpha value is -8.87. The van der Waals surface area contributed by atoms with Crippen LogP contribution in [0.2, 0.25) is 0 Å². The Labute approximate surface area is 382 Å². The van der Waals surface area contributed by atoms with E-state index in [1.54, 1.807) is 0 Å². The van der Waals surface area contributed by atoms with Gasteiger partial charge in [0.05, 0.1) is 45.4 Å². The largest absolute Gasteiger partial charge is 0.354 e. The number of fused-ring (bicyclic) bond motifs is 8. The van der Waals surface area contributed by atoms with Crippen molar-refractivity contribution in [3.05, 3.63) is 229 Å². The van der Waals surface area contributed by atoms with Crippen LogP contribution in [0.5, 0.6) is 0 Å². The quantitative estimate of drug-likeness (QED) is 0.168. The summed E-state index contributed by atoms with van der Waals surface area (Å²) < 4.78 is 2.08. The molecular formula is C60H42N6. The summed E-state index contributed by atoms with van der Waals surface area (Å²) in [5.41, 5.74) is 21.3. The molecule has 6 nitrogen and oxygen atoms in total.